The van der Waals surface area contributed by atoms with Crippen molar-refractivity contribution in [3.05, 3.63) is 22.7 Å². The molecule has 0 atom stereocenters. The van der Waals surface area contributed by atoms with Gasteiger partial charge in [-0.05, 0) is 37.0 Å². The van der Waals surface area contributed by atoms with E-state index in [9.17, 15) is 8.42 Å². The first kappa shape index (κ1) is 14.5. The van der Waals surface area contributed by atoms with Gasteiger partial charge in [0, 0.05) is 4.47 Å². The summed E-state index contributed by atoms with van der Waals surface area (Å²) in [5, 5.41) is 0. The van der Waals surface area contributed by atoms with Crippen molar-refractivity contribution in [2.45, 2.75) is 31.6 Å². The monoisotopic (exact) mass is 319 g/mol. The first-order valence-corrected chi connectivity index (χ1v) is 8.05. The molecule has 0 fully saturated rings. The predicted octanol–water partition coefficient (Wildman–Crippen LogP) is 3.24. The Labute approximate surface area is 111 Å². The van der Waals surface area contributed by atoms with Gasteiger partial charge in [0.05, 0.1) is 16.3 Å². The summed E-state index contributed by atoms with van der Waals surface area (Å²) in [5.74, 6) is 0.677. The zero-order valence-electron chi connectivity index (χ0n) is 10.1. The second-order valence-electron chi connectivity index (χ2n) is 4.54. The predicted molar refractivity (Wildman–Crippen MR) is 74.7 cm³/mol. The lowest BCUT2D eigenvalue weighted by Gasteiger charge is -2.09. The van der Waals surface area contributed by atoms with Crippen LogP contribution in [0, 0.1) is 5.92 Å². The van der Waals surface area contributed by atoms with Crippen molar-refractivity contribution in [1.82, 2.24) is 0 Å². The van der Waals surface area contributed by atoms with Crippen LogP contribution in [0.1, 0.15) is 26.7 Å². The summed E-state index contributed by atoms with van der Waals surface area (Å²) >= 11 is 3.26. The maximum absolute atomic E-state index is 12.1. The van der Waals surface area contributed by atoms with E-state index in [0.717, 1.165) is 10.9 Å². The minimum atomic E-state index is -3.26. The van der Waals surface area contributed by atoms with Gasteiger partial charge in [-0.2, -0.15) is 0 Å². The highest BCUT2D eigenvalue weighted by Gasteiger charge is 2.17. The molecule has 0 spiro atoms. The minimum Gasteiger partial charge on any atom is -0.398 e. The van der Waals surface area contributed by atoms with E-state index in [0.29, 0.717) is 18.0 Å². The first-order valence-electron chi connectivity index (χ1n) is 5.60. The second kappa shape index (κ2) is 5.87. The average Bonchev–Trinajstić information content (AvgIpc) is 2.20. The summed E-state index contributed by atoms with van der Waals surface area (Å²) in [4.78, 5) is 0.232. The van der Waals surface area contributed by atoms with Crippen molar-refractivity contribution in [3.8, 4) is 0 Å². The Morgan fingerprint density at radius 3 is 2.59 bits per heavy atom. The van der Waals surface area contributed by atoms with E-state index in [1.165, 1.54) is 0 Å². The van der Waals surface area contributed by atoms with E-state index >= 15 is 0 Å². The first-order chi connectivity index (χ1) is 7.83. The van der Waals surface area contributed by atoms with Gasteiger partial charge < -0.3 is 5.73 Å². The molecule has 3 nitrogen and oxygen atoms in total. The SMILES string of the molecule is CC(C)CCCS(=O)(=O)c1cc(Br)ccc1N. The maximum atomic E-state index is 12.1. The highest BCUT2D eigenvalue weighted by Crippen LogP contribution is 2.24. The average molecular weight is 320 g/mol. The van der Waals surface area contributed by atoms with Crippen molar-refractivity contribution in [2.75, 3.05) is 11.5 Å². The summed E-state index contributed by atoms with van der Waals surface area (Å²) in [7, 11) is -3.26. The smallest absolute Gasteiger partial charge is 0.180 e. The van der Waals surface area contributed by atoms with Gasteiger partial charge in [-0.15, -0.1) is 0 Å². The Bertz CT molecular complexity index is 483. The molecule has 0 heterocycles. The number of rotatable bonds is 5. The molecule has 0 aliphatic rings. The van der Waals surface area contributed by atoms with E-state index in [1.807, 2.05) is 0 Å². The van der Waals surface area contributed by atoms with Crippen molar-refractivity contribution in [3.63, 3.8) is 0 Å². The van der Waals surface area contributed by atoms with Crippen LogP contribution in [0.5, 0.6) is 0 Å². The van der Waals surface area contributed by atoms with Crippen LogP contribution in [0.25, 0.3) is 0 Å². The molecule has 0 aliphatic heterocycles. The molecular weight excluding hydrogens is 302 g/mol. The molecule has 17 heavy (non-hydrogen) atoms. The van der Waals surface area contributed by atoms with Gasteiger partial charge in [0.1, 0.15) is 0 Å². The Hall–Kier alpha value is -0.550. The summed E-state index contributed by atoms with van der Waals surface area (Å²) in [6.45, 7) is 4.17. The topological polar surface area (TPSA) is 60.2 Å². The fourth-order valence-corrected chi connectivity index (χ4v) is 3.58. The molecule has 0 amide bonds. The van der Waals surface area contributed by atoms with Crippen LogP contribution in [0.15, 0.2) is 27.6 Å². The molecule has 0 bridgehead atoms. The fourth-order valence-electron chi connectivity index (χ4n) is 1.57. The summed E-state index contributed by atoms with van der Waals surface area (Å²) < 4.78 is 24.9. The number of hydrogen-bond acceptors (Lipinski definition) is 3. The fraction of sp³-hybridized carbons (Fsp3) is 0.500. The van der Waals surface area contributed by atoms with Crippen molar-refractivity contribution in [2.24, 2.45) is 5.92 Å². The van der Waals surface area contributed by atoms with Crippen molar-refractivity contribution in [1.29, 1.82) is 0 Å². The molecule has 0 aromatic heterocycles. The van der Waals surface area contributed by atoms with Crippen molar-refractivity contribution < 1.29 is 8.42 Å². The van der Waals surface area contributed by atoms with Crippen LogP contribution in [-0.4, -0.2) is 14.2 Å². The summed E-state index contributed by atoms with van der Waals surface area (Å²) in [6, 6.07) is 4.92. The molecule has 0 saturated heterocycles. The van der Waals surface area contributed by atoms with E-state index in [4.69, 9.17) is 5.73 Å². The molecule has 0 aliphatic carbocycles. The van der Waals surface area contributed by atoms with E-state index < -0.39 is 9.84 Å². The van der Waals surface area contributed by atoms with Crippen molar-refractivity contribution >= 4 is 31.5 Å². The van der Waals surface area contributed by atoms with Gasteiger partial charge in [-0.1, -0.05) is 29.8 Å². The maximum Gasteiger partial charge on any atom is 0.180 e. The number of nitrogens with two attached hydrogens (primary N) is 1. The third kappa shape index (κ3) is 4.32. The van der Waals surface area contributed by atoms with Crippen LogP contribution in [0.4, 0.5) is 5.69 Å². The lowest BCUT2D eigenvalue weighted by Crippen LogP contribution is -2.10. The van der Waals surface area contributed by atoms with Gasteiger partial charge in [0.2, 0.25) is 0 Å². The van der Waals surface area contributed by atoms with Gasteiger partial charge in [0.25, 0.3) is 0 Å². The molecule has 0 radical (unpaired) electrons. The number of sulfone groups is 1. The third-order valence-corrected chi connectivity index (χ3v) is 4.85. The van der Waals surface area contributed by atoms with Crippen LogP contribution >= 0.6 is 15.9 Å². The van der Waals surface area contributed by atoms with E-state index in [2.05, 4.69) is 29.8 Å². The van der Waals surface area contributed by atoms with Gasteiger partial charge in [-0.3, -0.25) is 0 Å². The normalized spacial score (nSPS) is 12.0. The summed E-state index contributed by atoms with van der Waals surface area (Å²) in [5.41, 5.74) is 6.02. The number of benzene rings is 1. The van der Waals surface area contributed by atoms with Crippen LogP contribution < -0.4 is 5.73 Å². The number of anilines is 1. The second-order valence-corrected chi connectivity index (χ2v) is 7.53. The Balaban J connectivity index is 2.86. The third-order valence-electron chi connectivity index (χ3n) is 2.51. The zero-order chi connectivity index (χ0) is 13.1. The quantitative estimate of drug-likeness (QED) is 0.847. The molecular formula is C12H18BrNO2S. The molecule has 0 saturated carbocycles. The Morgan fingerprint density at radius 2 is 2.00 bits per heavy atom. The van der Waals surface area contributed by atoms with E-state index in [-0.39, 0.29) is 10.6 Å². The molecule has 1 aromatic carbocycles. The molecule has 0 unspecified atom stereocenters. The summed E-state index contributed by atoms with van der Waals surface area (Å²) in [6.07, 6.45) is 1.58. The minimum absolute atomic E-state index is 0.159. The standard InChI is InChI=1S/C12H18BrNO2S/c1-9(2)4-3-7-17(15,16)12-8-10(13)5-6-11(12)14/h5-6,8-9H,3-4,7,14H2,1-2H3. The number of hydrogen-bond donors (Lipinski definition) is 1. The zero-order valence-corrected chi connectivity index (χ0v) is 12.5. The lowest BCUT2D eigenvalue weighted by molar-refractivity contribution is 0.560. The molecule has 2 N–H and O–H groups in total. The largest absolute Gasteiger partial charge is 0.398 e. The van der Waals surface area contributed by atoms with Gasteiger partial charge >= 0.3 is 0 Å². The van der Waals surface area contributed by atoms with E-state index in [1.54, 1.807) is 18.2 Å². The van der Waals surface area contributed by atoms with Crippen LogP contribution in [0.2, 0.25) is 0 Å². The van der Waals surface area contributed by atoms with Crippen LogP contribution in [0.3, 0.4) is 0 Å². The highest BCUT2D eigenvalue weighted by atomic mass is 79.9. The molecule has 1 aromatic rings. The van der Waals surface area contributed by atoms with Crippen LogP contribution in [-0.2, 0) is 9.84 Å². The lowest BCUT2D eigenvalue weighted by atomic mass is 10.1. The molecule has 1 rings (SSSR count). The Morgan fingerprint density at radius 1 is 1.35 bits per heavy atom. The number of halogens is 1. The molecule has 96 valence electrons. The highest BCUT2D eigenvalue weighted by molar-refractivity contribution is 9.10. The molecule has 5 heteroatoms. The van der Waals surface area contributed by atoms with Gasteiger partial charge in [0.15, 0.2) is 9.84 Å². The Kier molecular flexibility index (Phi) is 5.01. The van der Waals surface area contributed by atoms with Gasteiger partial charge in [-0.25, -0.2) is 8.42 Å². The number of nitrogen functional groups attached to an aromatic ring is 1.